The number of sulfonamides is 1. The highest BCUT2D eigenvalue weighted by Gasteiger charge is 2.33. The number of nitrogens with zero attached hydrogens (tertiary/aromatic N) is 1. The second-order valence-electron chi connectivity index (χ2n) is 4.93. The Bertz CT molecular complexity index is 671. The lowest BCUT2D eigenvalue weighted by Crippen LogP contribution is -2.34. The van der Waals surface area contributed by atoms with E-state index in [-0.39, 0.29) is 17.0 Å². The quantitative estimate of drug-likeness (QED) is 0.590. The molecule has 1 aliphatic rings. The van der Waals surface area contributed by atoms with Crippen LogP contribution in [0.15, 0.2) is 29.2 Å². The molecule has 112 valence electrons. The summed E-state index contributed by atoms with van der Waals surface area (Å²) in [5.41, 5.74) is 0.0258. The summed E-state index contributed by atoms with van der Waals surface area (Å²) in [6.07, 6.45) is 7.29. The minimum atomic E-state index is -3.81. The van der Waals surface area contributed by atoms with E-state index in [1.165, 1.54) is 23.5 Å². The fraction of sp³-hybridized carbons (Fsp3) is 0.400. The first-order valence-corrected chi connectivity index (χ1v) is 8.05. The van der Waals surface area contributed by atoms with Gasteiger partial charge < -0.3 is 4.74 Å². The molecule has 6 heteroatoms. The zero-order chi connectivity index (χ0) is 15.5. The molecule has 1 aromatic carbocycles. The Morgan fingerprint density at radius 1 is 1.43 bits per heavy atom. The molecule has 0 unspecified atom stereocenters. The highest BCUT2D eigenvalue weighted by molar-refractivity contribution is 7.89. The summed E-state index contributed by atoms with van der Waals surface area (Å²) >= 11 is 0. The van der Waals surface area contributed by atoms with Crippen LogP contribution in [0.3, 0.4) is 0 Å². The van der Waals surface area contributed by atoms with E-state index in [1.807, 2.05) is 0 Å². The average molecular weight is 307 g/mol. The van der Waals surface area contributed by atoms with Gasteiger partial charge in [0.1, 0.15) is 0 Å². The number of hydrogen-bond acceptors (Lipinski definition) is 4. The van der Waals surface area contributed by atoms with Gasteiger partial charge in [0, 0.05) is 6.54 Å². The number of carbonyl (C=O) groups excluding carboxylic acids is 1. The smallest absolute Gasteiger partial charge is 0.339 e. The number of carbonyl (C=O) groups is 1. The molecular weight excluding hydrogens is 290 g/mol. The van der Waals surface area contributed by atoms with E-state index in [9.17, 15) is 13.2 Å². The number of methoxy groups -OCH3 is 1. The molecule has 0 atom stereocenters. The molecule has 0 spiro atoms. The standard InChI is InChI=1S/C15H17NO4S/c1-3-10-16(11-12-8-9-12)21(18,19)14-7-5-4-6-13(14)15(17)20-2/h1,4-7,12H,8-11H2,2H3. The van der Waals surface area contributed by atoms with Gasteiger partial charge in [0.25, 0.3) is 0 Å². The second kappa shape index (κ2) is 6.29. The van der Waals surface area contributed by atoms with Crippen LogP contribution in [0.25, 0.3) is 0 Å². The van der Waals surface area contributed by atoms with Crippen molar-refractivity contribution in [3.8, 4) is 12.3 Å². The van der Waals surface area contributed by atoms with Gasteiger partial charge in [-0.3, -0.25) is 0 Å². The van der Waals surface area contributed by atoms with Crippen molar-refractivity contribution in [3.05, 3.63) is 29.8 Å². The van der Waals surface area contributed by atoms with E-state index in [1.54, 1.807) is 12.1 Å². The van der Waals surface area contributed by atoms with Gasteiger partial charge in [-0.2, -0.15) is 4.31 Å². The molecule has 0 radical (unpaired) electrons. The molecule has 0 heterocycles. The van der Waals surface area contributed by atoms with E-state index in [2.05, 4.69) is 10.7 Å². The Morgan fingerprint density at radius 2 is 2.10 bits per heavy atom. The van der Waals surface area contributed by atoms with E-state index in [4.69, 9.17) is 6.42 Å². The molecule has 0 aliphatic heterocycles. The minimum absolute atomic E-state index is 0.00561. The lowest BCUT2D eigenvalue weighted by molar-refractivity contribution is 0.0596. The van der Waals surface area contributed by atoms with E-state index >= 15 is 0 Å². The third-order valence-electron chi connectivity index (χ3n) is 3.34. The lowest BCUT2D eigenvalue weighted by atomic mass is 10.2. The van der Waals surface area contributed by atoms with Crippen molar-refractivity contribution in [1.82, 2.24) is 4.31 Å². The van der Waals surface area contributed by atoms with Crippen LogP contribution >= 0.6 is 0 Å². The third kappa shape index (κ3) is 3.43. The van der Waals surface area contributed by atoms with Gasteiger partial charge in [-0.25, -0.2) is 13.2 Å². The molecular formula is C15H17NO4S. The van der Waals surface area contributed by atoms with Crippen LogP contribution in [-0.2, 0) is 14.8 Å². The van der Waals surface area contributed by atoms with Crippen molar-refractivity contribution in [2.45, 2.75) is 17.7 Å². The Balaban J connectivity index is 2.41. The van der Waals surface area contributed by atoms with Gasteiger partial charge in [0.15, 0.2) is 0 Å². The first-order valence-electron chi connectivity index (χ1n) is 6.61. The summed E-state index contributed by atoms with van der Waals surface area (Å²) < 4.78 is 31.4. The maximum absolute atomic E-state index is 12.7. The summed E-state index contributed by atoms with van der Waals surface area (Å²) in [5, 5.41) is 0. The van der Waals surface area contributed by atoms with Gasteiger partial charge >= 0.3 is 5.97 Å². The van der Waals surface area contributed by atoms with Crippen LogP contribution in [-0.4, -0.2) is 38.9 Å². The predicted molar refractivity (Wildman–Crippen MR) is 78.1 cm³/mol. The molecule has 0 saturated heterocycles. The SMILES string of the molecule is C#CCN(CC1CC1)S(=O)(=O)c1ccccc1C(=O)OC. The number of esters is 1. The summed E-state index contributed by atoms with van der Waals surface area (Å²) in [5.74, 6) is 2.05. The van der Waals surface area contributed by atoms with Crippen molar-refractivity contribution in [2.24, 2.45) is 5.92 Å². The van der Waals surface area contributed by atoms with Crippen molar-refractivity contribution >= 4 is 16.0 Å². The summed E-state index contributed by atoms with van der Waals surface area (Å²) in [7, 11) is -2.60. The van der Waals surface area contributed by atoms with Crippen LogP contribution in [0.1, 0.15) is 23.2 Å². The largest absolute Gasteiger partial charge is 0.465 e. The molecule has 1 aromatic rings. The summed E-state index contributed by atoms with van der Waals surface area (Å²) in [6, 6.07) is 6.00. The second-order valence-corrected chi connectivity index (χ2v) is 6.84. The van der Waals surface area contributed by atoms with Gasteiger partial charge in [0.05, 0.1) is 24.1 Å². The molecule has 1 saturated carbocycles. The summed E-state index contributed by atoms with van der Waals surface area (Å²) in [4.78, 5) is 11.7. The lowest BCUT2D eigenvalue weighted by Gasteiger charge is -2.21. The average Bonchev–Trinajstić information content (AvgIpc) is 3.30. The Morgan fingerprint density at radius 3 is 2.67 bits per heavy atom. The van der Waals surface area contributed by atoms with Crippen molar-refractivity contribution < 1.29 is 17.9 Å². The fourth-order valence-corrected chi connectivity index (χ4v) is 3.66. The molecule has 2 rings (SSSR count). The van der Waals surface area contributed by atoms with Gasteiger partial charge in [-0.15, -0.1) is 6.42 Å². The molecule has 0 bridgehead atoms. The Labute approximate surface area is 125 Å². The summed E-state index contributed by atoms with van der Waals surface area (Å²) in [6.45, 7) is 0.385. The number of hydrogen-bond donors (Lipinski definition) is 0. The van der Waals surface area contributed by atoms with Gasteiger partial charge in [-0.1, -0.05) is 18.1 Å². The van der Waals surface area contributed by atoms with Crippen LogP contribution in [0.2, 0.25) is 0 Å². The molecule has 5 nitrogen and oxygen atoms in total. The molecule has 1 aliphatic carbocycles. The number of terminal acetylenes is 1. The number of benzene rings is 1. The molecule has 1 fully saturated rings. The first kappa shape index (κ1) is 15.5. The number of rotatable bonds is 6. The Hall–Kier alpha value is -1.84. The van der Waals surface area contributed by atoms with Gasteiger partial charge in [0.2, 0.25) is 10.0 Å². The monoisotopic (exact) mass is 307 g/mol. The van der Waals surface area contributed by atoms with Gasteiger partial charge in [-0.05, 0) is 30.9 Å². The van der Waals surface area contributed by atoms with Crippen LogP contribution in [0.5, 0.6) is 0 Å². The number of ether oxygens (including phenoxy) is 1. The van der Waals surface area contributed by atoms with Crippen molar-refractivity contribution in [3.63, 3.8) is 0 Å². The van der Waals surface area contributed by atoms with Crippen LogP contribution < -0.4 is 0 Å². The van der Waals surface area contributed by atoms with Crippen LogP contribution in [0.4, 0.5) is 0 Å². The minimum Gasteiger partial charge on any atom is -0.465 e. The molecule has 0 amide bonds. The highest BCUT2D eigenvalue weighted by atomic mass is 32.2. The zero-order valence-electron chi connectivity index (χ0n) is 11.8. The van der Waals surface area contributed by atoms with Crippen LogP contribution in [0, 0.1) is 18.3 Å². The van der Waals surface area contributed by atoms with Crippen molar-refractivity contribution in [2.75, 3.05) is 20.2 Å². The highest BCUT2D eigenvalue weighted by Crippen LogP contribution is 2.32. The normalized spacial score (nSPS) is 14.7. The van der Waals surface area contributed by atoms with E-state index < -0.39 is 16.0 Å². The van der Waals surface area contributed by atoms with E-state index in [0.717, 1.165) is 12.8 Å². The maximum atomic E-state index is 12.7. The molecule has 0 aromatic heterocycles. The first-order chi connectivity index (χ1) is 10.0. The molecule has 0 N–H and O–H groups in total. The van der Waals surface area contributed by atoms with E-state index in [0.29, 0.717) is 12.5 Å². The zero-order valence-corrected chi connectivity index (χ0v) is 12.6. The van der Waals surface area contributed by atoms with Crippen molar-refractivity contribution in [1.29, 1.82) is 0 Å². The predicted octanol–water partition coefficient (Wildman–Crippen LogP) is 1.51. The molecule has 21 heavy (non-hydrogen) atoms. The Kier molecular flexibility index (Phi) is 4.66. The maximum Gasteiger partial charge on any atom is 0.339 e. The topological polar surface area (TPSA) is 63.7 Å². The third-order valence-corrected chi connectivity index (χ3v) is 5.21. The fourth-order valence-electron chi connectivity index (χ4n) is 2.05.